The maximum Gasteiger partial charge on any atom is 0.397 e. The molecule has 28 nitrogen and oxygen atoms in total. The minimum Gasteiger partial charge on any atom is -0.494 e. The van der Waals surface area contributed by atoms with Gasteiger partial charge in [0.15, 0.2) is 18.9 Å². The van der Waals surface area contributed by atoms with Crippen molar-refractivity contribution in [1.29, 1.82) is 0 Å². The van der Waals surface area contributed by atoms with Gasteiger partial charge in [0, 0.05) is 26.3 Å². The zero-order valence-corrected chi connectivity index (χ0v) is 45.1. The van der Waals surface area contributed by atoms with Gasteiger partial charge in [-0.2, -0.15) is 8.42 Å². The number of carbonyl (C=O) groups excluding carboxylic acids is 4. The highest BCUT2D eigenvalue weighted by Crippen LogP contribution is 2.35. The van der Waals surface area contributed by atoms with E-state index in [0.29, 0.717) is 12.4 Å². The van der Waals surface area contributed by atoms with Crippen molar-refractivity contribution < 1.29 is 115 Å². The van der Waals surface area contributed by atoms with Gasteiger partial charge in [0.1, 0.15) is 97.1 Å². The van der Waals surface area contributed by atoms with Gasteiger partial charge in [-0.15, -0.1) is 0 Å². The average Bonchev–Trinajstić information content (AvgIpc) is 3.47. The Morgan fingerprint density at radius 1 is 0.564 bits per heavy atom. The second-order valence-corrected chi connectivity index (χ2v) is 21.0. The zero-order valence-electron chi connectivity index (χ0n) is 44.3. The molecule has 4 amide bonds. The van der Waals surface area contributed by atoms with Gasteiger partial charge in [-0.25, -0.2) is 4.18 Å². The van der Waals surface area contributed by atoms with Crippen molar-refractivity contribution in [3.8, 4) is 5.75 Å². The van der Waals surface area contributed by atoms with E-state index in [1.54, 1.807) is 12.1 Å². The summed E-state index contributed by atoms with van der Waals surface area (Å²) in [5.41, 5.74) is 0.0817. The number of amides is 4. The Kier molecular flexibility index (Phi) is 25.7. The average molecular weight is 1140 g/mol. The van der Waals surface area contributed by atoms with Crippen LogP contribution in [0.15, 0.2) is 24.3 Å². The number of hydrogen-bond donors (Lipinski definition) is 13. The van der Waals surface area contributed by atoms with Crippen LogP contribution in [0.2, 0.25) is 0 Å². The van der Waals surface area contributed by atoms with Gasteiger partial charge in [-0.3, -0.25) is 23.7 Å². The molecule has 1 aromatic carbocycles. The first kappa shape index (κ1) is 65.0. The molecular formula is C49H80N4O24S. The number of aliphatic hydroxyl groups is 8. The van der Waals surface area contributed by atoms with E-state index in [9.17, 15) is 73.0 Å². The molecule has 13 N–H and O–H groups in total. The summed E-state index contributed by atoms with van der Waals surface area (Å²) in [7, 11) is -5.08. The second kappa shape index (κ2) is 30.8. The molecule has 4 aliphatic heterocycles. The summed E-state index contributed by atoms with van der Waals surface area (Å²) >= 11 is 0. The highest BCUT2D eigenvalue weighted by Gasteiger charge is 2.56. The molecule has 1 aromatic rings. The minimum atomic E-state index is -5.08. The van der Waals surface area contributed by atoms with E-state index in [1.807, 2.05) is 0 Å². The lowest BCUT2D eigenvalue weighted by atomic mass is 9.92. The van der Waals surface area contributed by atoms with E-state index in [2.05, 4.69) is 32.4 Å². The molecule has 4 aliphatic rings. The topological polar surface area (TPSA) is 416 Å². The summed E-state index contributed by atoms with van der Waals surface area (Å²) in [6, 6.07) is -0.0193. The zero-order chi connectivity index (χ0) is 57.4. The Morgan fingerprint density at radius 2 is 1.00 bits per heavy atom. The third-order valence-electron chi connectivity index (χ3n) is 13.8. The Bertz CT molecular complexity index is 2170. The standard InChI is InChI=1S/C49H80N4O24S/c1-6-7-8-9-10-11-12-13-14-18-69-29-17-15-16-28(19-29)46(65)53-35-39(61)38(60)30(20-54)72-47(35)75-43-31(21-55)73-48(36(41(43)63)51-26(4)58)76-44-32(22-56)74-49(37(42(44)64)52-27(5)59)77-45-33(23-70-78(66,67)68)71-24(2)34(40(45)62)50-25(3)57/h15-17,19,24,30-45,47-49,54-56,60-64H,6-14,18,20-23H2,1-5H3,(H,50,57)(H,51,58)(H,52,59)(H,53,65)(H,66,67,68)/t24-,30?,31-,32?,33-,34?,35?,36?,37?,38+,39+,40?,41?,42+,43+,44+,45+,47-,48-,49-/m0/s1. The van der Waals surface area contributed by atoms with Crippen molar-refractivity contribution in [2.24, 2.45) is 0 Å². The Balaban J connectivity index is 1.34. The lowest BCUT2D eigenvalue weighted by molar-refractivity contribution is -0.359. The monoisotopic (exact) mass is 1140 g/mol. The fourth-order valence-corrected chi connectivity index (χ4v) is 10.2. The number of rotatable bonds is 28. The van der Waals surface area contributed by atoms with Gasteiger partial charge in [0.25, 0.3) is 5.91 Å². The SMILES string of the molecule is CCCCCCCCCCCOc1cccc(C(=O)NC2[C@H](O[C@H]3C(O)C(NC(C)=O)[C@H](O[C@@H]4C(CO)O[C@@H](O[C@H]5C(O)C(NC(C)=O)[C@H](C)O[C@H]5COS(=O)(=O)O)C(NC(C)=O)[C@H]4O)O[C@H]3CO)OC(CO)[C@@H](O)[C@@H]2O)c1. The van der Waals surface area contributed by atoms with Crippen LogP contribution in [0.3, 0.4) is 0 Å². The fraction of sp³-hybridized carbons (Fsp3) is 0.796. The lowest BCUT2D eigenvalue weighted by Crippen LogP contribution is -2.71. The van der Waals surface area contributed by atoms with Crippen molar-refractivity contribution in [3.05, 3.63) is 29.8 Å². The summed E-state index contributed by atoms with van der Waals surface area (Å²) in [5.74, 6) is -2.58. The molecule has 4 fully saturated rings. The van der Waals surface area contributed by atoms with E-state index in [0.717, 1.165) is 46.5 Å². The molecule has 0 bridgehead atoms. The van der Waals surface area contributed by atoms with E-state index in [1.165, 1.54) is 51.2 Å². The first-order valence-corrected chi connectivity index (χ1v) is 27.7. The predicted molar refractivity (Wildman–Crippen MR) is 267 cm³/mol. The van der Waals surface area contributed by atoms with Gasteiger partial charge in [0.2, 0.25) is 17.7 Å². The van der Waals surface area contributed by atoms with Gasteiger partial charge in [-0.05, 0) is 31.5 Å². The van der Waals surface area contributed by atoms with E-state index in [4.69, 9.17) is 37.9 Å². The van der Waals surface area contributed by atoms with Crippen LogP contribution >= 0.6 is 0 Å². The van der Waals surface area contributed by atoms with Crippen molar-refractivity contribution in [1.82, 2.24) is 21.3 Å². The predicted octanol–water partition coefficient (Wildman–Crippen LogP) is -3.07. The minimum absolute atomic E-state index is 0.0817. The maximum absolute atomic E-state index is 13.8. The number of carbonyl (C=O) groups is 4. The quantitative estimate of drug-likeness (QED) is 0.0292. The molecule has 4 heterocycles. The van der Waals surface area contributed by atoms with Crippen molar-refractivity contribution in [2.75, 3.05) is 33.0 Å². The molecule has 0 radical (unpaired) electrons. The fourth-order valence-electron chi connectivity index (χ4n) is 9.89. The van der Waals surface area contributed by atoms with Gasteiger partial charge < -0.3 is 100 Å². The Morgan fingerprint density at radius 3 is 1.47 bits per heavy atom. The number of ether oxygens (including phenoxy) is 8. The van der Waals surface area contributed by atoms with Crippen molar-refractivity contribution in [3.63, 3.8) is 0 Å². The molecule has 0 aliphatic carbocycles. The van der Waals surface area contributed by atoms with Crippen molar-refractivity contribution in [2.45, 2.75) is 215 Å². The molecule has 8 unspecified atom stereocenters. The van der Waals surface area contributed by atoms with Gasteiger partial charge >= 0.3 is 10.4 Å². The highest BCUT2D eigenvalue weighted by molar-refractivity contribution is 7.80. The Labute approximate surface area is 452 Å². The molecule has 29 heteroatoms. The molecular weight excluding hydrogens is 1060 g/mol. The normalized spacial score (nSPS) is 35.3. The van der Waals surface area contributed by atoms with Crippen LogP contribution in [0, 0.1) is 0 Å². The molecule has 0 aromatic heterocycles. The van der Waals surface area contributed by atoms with Crippen molar-refractivity contribution >= 4 is 34.0 Å². The molecule has 0 spiro atoms. The highest BCUT2D eigenvalue weighted by atomic mass is 32.3. The van der Waals surface area contributed by atoms with Gasteiger partial charge in [0.05, 0.1) is 45.2 Å². The van der Waals surface area contributed by atoms with Crippen LogP contribution in [0.1, 0.15) is 103 Å². The first-order chi connectivity index (χ1) is 37.0. The van der Waals surface area contributed by atoms with E-state index in [-0.39, 0.29) is 5.56 Å². The van der Waals surface area contributed by atoms with Gasteiger partial charge in [-0.1, -0.05) is 64.4 Å². The third kappa shape index (κ3) is 18.1. The van der Waals surface area contributed by atoms with Crippen LogP contribution in [-0.2, 0) is 62.1 Å². The van der Waals surface area contributed by atoms with Crippen LogP contribution < -0.4 is 26.0 Å². The van der Waals surface area contributed by atoms with Crippen LogP contribution in [-0.4, -0.2) is 233 Å². The van der Waals surface area contributed by atoms with Crippen LogP contribution in [0.4, 0.5) is 0 Å². The van der Waals surface area contributed by atoms with E-state index < -0.39 is 183 Å². The smallest absolute Gasteiger partial charge is 0.397 e. The summed E-state index contributed by atoms with van der Waals surface area (Å²) in [5, 5.41) is 99.3. The largest absolute Gasteiger partial charge is 0.494 e. The molecule has 20 atom stereocenters. The molecule has 78 heavy (non-hydrogen) atoms. The Hall–Kier alpha value is -3.83. The summed E-state index contributed by atoms with van der Waals surface area (Å²) in [6.45, 7) is 3.51. The number of benzene rings is 1. The maximum atomic E-state index is 13.8. The van der Waals surface area contributed by atoms with Crippen LogP contribution in [0.5, 0.6) is 5.75 Å². The molecule has 5 rings (SSSR count). The first-order valence-electron chi connectivity index (χ1n) is 26.3. The number of aliphatic hydroxyl groups excluding tert-OH is 8. The molecule has 446 valence electrons. The number of unbranched alkanes of at least 4 members (excludes halogenated alkanes) is 8. The summed E-state index contributed by atoms with van der Waals surface area (Å²) < 4.78 is 85.0. The van der Waals surface area contributed by atoms with E-state index >= 15 is 0 Å². The number of nitrogens with one attached hydrogen (secondary N) is 4. The summed E-state index contributed by atoms with van der Waals surface area (Å²) in [6.07, 6.45) is -17.4. The van der Waals surface area contributed by atoms with Crippen LogP contribution in [0.25, 0.3) is 0 Å². The lowest BCUT2D eigenvalue weighted by Gasteiger charge is -2.51. The number of hydrogen-bond acceptors (Lipinski definition) is 23. The second-order valence-electron chi connectivity index (χ2n) is 19.9. The summed E-state index contributed by atoms with van der Waals surface area (Å²) in [4.78, 5) is 51.3. The third-order valence-corrected chi connectivity index (χ3v) is 14.3. The molecule has 0 saturated carbocycles. The molecule has 4 saturated heterocycles.